The minimum Gasteiger partial charge on any atom is -0.444 e. The van der Waals surface area contributed by atoms with Crippen LogP contribution in [0.1, 0.15) is 43.5 Å². The monoisotopic (exact) mass is 455 g/mol. The molecule has 2 aromatic rings. The number of nitrogens with one attached hydrogen (secondary N) is 2. The molecule has 2 atom stereocenters. The van der Waals surface area contributed by atoms with E-state index in [1.807, 2.05) is 38.1 Å². The fourth-order valence-electron chi connectivity index (χ4n) is 3.40. The van der Waals surface area contributed by atoms with Crippen LogP contribution in [0.15, 0.2) is 48.5 Å². The Morgan fingerprint density at radius 2 is 1.58 bits per heavy atom. The highest BCUT2D eigenvalue weighted by Gasteiger charge is 2.34. The average molecular weight is 456 g/mol. The summed E-state index contributed by atoms with van der Waals surface area (Å²) in [6.45, 7) is 8.21. The number of carbonyl (C=O) groups excluding carboxylic acids is 3. The first-order valence-corrected chi connectivity index (χ1v) is 10.7. The molecule has 2 unspecified atom stereocenters. The molecule has 0 saturated heterocycles. The van der Waals surface area contributed by atoms with Crippen LogP contribution in [0.5, 0.6) is 0 Å². The first-order chi connectivity index (χ1) is 15.4. The van der Waals surface area contributed by atoms with Crippen LogP contribution in [0.25, 0.3) is 0 Å². The van der Waals surface area contributed by atoms with Crippen LogP contribution >= 0.6 is 0 Å². The molecule has 0 heterocycles. The van der Waals surface area contributed by atoms with Gasteiger partial charge in [0.05, 0.1) is 6.61 Å². The van der Waals surface area contributed by atoms with Gasteiger partial charge in [-0.25, -0.2) is 4.79 Å². The number of nitrogens with zero attached hydrogens (tertiary/aromatic N) is 1. The topological polar surface area (TPSA) is 108 Å². The van der Waals surface area contributed by atoms with Crippen molar-refractivity contribution in [1.82, 2.24) is 10.2 Å². The number of aryl methyl sites for hydroxylation is 2. The molecule has 0 aliphatic carbocycles. The van der Waals surface area contributed by atoms with Crippen LogP contribution in [-0.2, 0) is 14.3 Å². The first kappa shape index (κ1) is 25.9. The van der Waals surface area contributed by atoms with E-state index in [4.69, 9.17) is 4.74 Å². The third-order valence-electron chi connectivity index (χ3n) is 5.00. The lowest BCUT2D eigenvalue weighted by Crippen LogP contribution is -2.52. The number of hydrogen-bond donors (Lipinski definition) is 3. The average Bonchev–Trinajstić information content (AvgIpc) is 2.74. The maximum absolute atomic E-state index is 13.4. The predicted octanol–water partition coefficient (Wildman–Crippen LogP) is 3.33. The van der Waals surface area contributed by atoms with Crippen molar-refractivity contribution < 1.29 is 24.2 Å². The van der Waals surface area contributed by atoms with E-state index in [-0.39, 0.29) is 0 Å². The summed E-state index contributed by atoms with van der Waals surface area (Å²) in [6, 6.07) is 12.3. The summed E-state index contributed by atoms with van der Waals surface area (Å²) >= 11 is 0. The molecule has 3 amide bonds. The zero-order valence-electron chi connectivity index (χ0n) is 20.0. The van der Waals surface area contributed by atoms with E-state index in [0.29, 0.717) is 11.3 Å². The number of aliphatic hydroxyl groups excluding tert-OH is 1. The van der Waals surface area contributed by atoms with Gasteiger partial charge in [-0.15, -0.1) is 0 Å². The van der Waals surface area contributed by atoms with Crippen molar-refractivity contribution in [2.24, 2.45) is 0 Å². The third-order valence-corrected chi connectivity index (χ3v) is 5.00. The van der Waals surface area contributed by atoms with Gasteiger partial charge in [0, 0.05) is 12.7 Å². The highest BCUT2D eigenvalue weighted by Crippen LogP contribution is 2.25. The number of carbonyl (C=O) groups is 3. The summed E-state index contributed by atoms with van der Waals surface area (Å²) in [5, 5.41) is 15.1. The maximum atomic E-state index is 13.4. The van der Waals surface area contributed by atoms with Gasteiger partial charge in [0.15, 0.2) is 0 Å². The van der Waals surface area contributed by atoms with Gasteiger partial charge in [0.2, 0.25) is 5.91 Å². The molecule has 0 bridgehead atoms. The van der Waals surface area contributed by atoms with E-state index >= 15 is 0 Å². The highest BCUT2D eigenvalue weighted by molar-refractivity contribution is 5.99. The second-order valence-corrected chi connectivity index (χ2v) is 8.90. The van der Waals surface area contributed by atoms with Crippen molar-refractivity contribution in [3.63, 3.8) is 0 Å². The SMILES string of the molecule is Cc1cccc(C)c1NC(=O)C(c1ccccc1)N(C)C(=O)C(CO)NC(=O)OC(C)(C)C. The number of rotatable bonds is 7. The predicted molar refractivity (Wildman–Crippen MR) is 127 cm³/mol. The van der Waals surface area contributed by atoms with E-state index < -0.39 is 42.2 Å². The van der Waals surface area contributed by atoms with E-state index in [1.54, 1.807) is 45.0 Å². The Bertz CT molecular complexity index is 965. The quantitative estimate of drug-likeness (QED) is 0.594. The lowest BCUT2D eigenvalue weighted by atomic mass is 10.0. The molecule has 0 aromatic heterocycles. The third kappa shape index (κ3) is 7.05. The van der Waals surface area contributed by atoms with Gasteiger partial charge in [-0.2, -0.15) is 0 Å². The molecule has 0 fully saturated rings. The van der Waals surface area contributed by atoms with Gasteiger partial charge in [-0.05, 0) is 51.3 Å². The van der Waals surface area contributed by atoms with E-state index in [2.05, 4.69) is 10.6 Å². The molecule has 0 aliphatic rings. The highest BCUT2D eigenvalue weighted by atomic mass is 16.6. The van der Waals surface area contributed by atoms with Crippen molar-refractivity contribution >= 4 is 23.6 Å². The molecule has 33 heavy (non-hydrogen) atoms. The normalized spacial score (nSPS) is 12.9. The Labute approximate surface area is 194 Å². The van der Waals surface area contributed by atoms with Crippen molar-refractivity contribution in [2.45, 2.75) is 52.3 Å². The smallest absolute Gasteiger partial charge is 0.408 e. The molecule has 3 N–H and O–H groups in total. The zero-order valence-corrected chi connectivity index (χ0v) is 20.0. The van der Waals surface area contributed by atoms with Crippen LogP contribution in [-0.4, -0.2) is 53.2 Å². The number of anilines is 1. The molecule has 8 nitrogen and oxygen atoms in total. The van der Waals surface area contributed by atoms with E-state index in [1.165, 1.54) is 11.9 Å². The first-order valence-electron chi connectivity index (χ1n) is 10.7. The molecule has 0 saturated carbocycles. The van der Waals surface area contributed by atoms with Crippen LogP contribution in [0.4, 0.5) is 10.5 Å². The summed E-state index contributed by atoms with van der Waals surface area (Å²) in [6.07, 6.45) is -0.834. The molecule has 2 aromatic carbocycles. The van der Waals surface area contributed by atoms with Gasteiger partial charge >= 0.3 is 6.09 Å². The fourth-order valence-corrected chi connectivity index (χ4v) is 3.40. The molecule has 0 spiro atoms. The Kier molecular flexibility index (Phi) is 8.59. The lowest BCUT2D eigenvalue weighted by Gasteiger charge is -2.31. The second kappa shape index (κ2) is 11.0. The second-order valence-electron chi connectivity index (χ2n) is 8.90. The number of amides is 3. The van der Waals surface area contributed by atoms with Crippen LogP contribution in [0.2, 0.25) is 0 Å². The largest absolute Gasteiger partial charge is 0.444 e. The molecule has 0 radical (unpaired) electrons. The number of alkyl carbamates (subject to hydrolysis) is 1. The summed E-state index contributed by atoms with van der Waals surface area (Å²) < 4.78 is 5.19. The molecule has 2 rings (SSSR count). The van der Waals surface area contributed by atoms with E-state index in [9.17, 15) is 19.5 Å². The fraction of sp³-hybridized carbons (Fsp3) is 0.400. The van der Waals surface area contributed by atoms with Gasteiger partial charge < -0.3 is 25.4 Å². The Morgan fingerprint density at radius 3 is 2.09 bits per heavy atom. The van der Waals surface area contributed by atoms with Crippen LogP contribution < -0.4 is 10.6 Å². The number of likely N-dealkylation sites (N-methyl/N-ethyl adjacent to an activating group) is 1. The van der Waals surface area contributed by atoms with Crippen molar-refractivity contribution in [3.05, 3.63) is 65.2 Å². The lowest BCUT2D eigenvalue weighted by molar-refractivity contribution is -0.139. The van der Waals surface area contributed by atoms with Crippen LogP contribution in [0, 0.1) is 13.8 Å². The zero-order chi connectivity index (χ0) is 24.8. The van der Waals surface area contributed by atoms with Gasteiger partial charge in [0.1, 0.15) is 17.7 Å². The van der Waals surface area contributed by atoms with Crippen molar-refractivity contribution in [2.75, 3.05) is 19.0 Å². The summed E-state index contributed by atoms with van der Waals surface area (Å²) in [5.74, 6) is -1.04. The molecular weight excluding hydrogens is 422 g/mol. The minimum atomic E-state index is -1.27. The molecule has 0 aliphatic heterocycles. The number of para-hydroxylation sites is 1. The Morgan fingerprint density at radius 1 is 1.00 bits per heavy atom. The Balaban J connectivity index is 2.32. The number of ether oxygens (including phenoxy) is 1. The number of aliphatic hydroxyl groups is 1. The minimum absolute atomic E-state index is 0.414. The van der Waals surface area contributed by atoms with Crippen LogP contribution in [0.3, 0.4) is 0 Å². The van der Waals surface area contributed by atoms with Gasteiger partial charge in [0.25, 0.3) is 5.91 Å². The van der Waals surface area contributed by atoms with Crippen molar-refractivity contribution in [1.29, 1.82) is 0 Å². The molecule has 8 heteroatoms. The maximum Gasteiger partial charge on any atom is 0.408 e. The molecule has 178 valence electrons. The number of benzene rings is 2. The summed E-state index contributed by atoms with van der Waals surface area (Å²) in [5.41, 5.74) is 2.28. The Hall–Kier alpha value is -3.39. The number of hydrogen-bond acceptors (Lipinski definition) is 5. The van der Waals surface area contributed by atoms with Crippen molar-refractivity contribution in [3.8, 4) is 0 Å². The van der Waals surface area contributed by atoms with Gasteiger partial charge in [-0.3, -0.25) is 9.59 Å². The summed E-state index contributed by atoms with van der Waals surface area (Å²) in [4.78, 5) is 40.0. The van der Waals surface area contributed by atoms with Gasteiger partial charge in [-0.1, -0.05) is 48.5 Å². The summed E-state index contributed by atoms with van der Waals surface area (Å²) in [7, 11) is 1.46. The standard InChI is InChI=1S/C25H33N3O5/c1-16-11-10-12-17(2)20(16)27-22(30)21(18-13-8-7-9-14-18)28(6)23(31)19(15-29)26-24(32)33-25(3,4)5/h7-14,19,21,29H,15H2,1-6H3,(H,26,32)(H,27,30). The van der Waals surface area contributed by atoms with E-state index in [0.717, 1.165) is 11.1 Å². The molecular formula is C25H33N3O5.